The molecule has 1 aromatic rings. The molecule has 1 rings (SSSR count). The Bertz CT molecular complexity index is 423. The molecule has 0 saturated heterocycles. The molecule has 0 heterocycles. The van der Waals surface area contributed by atoms with Crippen molar-refractivity contribution in [3.63, 3.8) is 0 Å². The molecule has 0 aliphatic heterocycles. The summed E-state index contributed by atoms with van der Waals surface area (Å²) in [6.07, 6.45) is 1.72. The second kappa shape index (κ2) is 8.30. The molecule has 0 spiro atoms. The first kappa shape index (κ1) is 16.1. The van der Waals surface area contributed by atoms with E-state index in [9.17, 15) is 4.79 Å². The SMILES string of the molecule is COCCCC(N)C(=O)Cc1cc(Br)ccc1OC. The summed E-state index contributed by atoms with van der Waals surface area (Å²) in [5.74, 6) is 0.730. The van der Waals surface area contributed by atoms with Crippen LogP contribution in [0.2, 0.25) is 0 Å². The van der Waals surface area contributed by atoms with Crippen molar-refractivity contribution in [1.82, 2.24) is 0 Å². The van der Waals surface area contributed by atoms with Crippen molar-refractivity contribution in [2.24, 2.45) is 5.73 Å². The smallest absolute Gasteiger partial charge is 0.154 e. The number of hydrogen-bond acceptors (Lipinski definition) is 4. The van der Waals surface area contributed by atoms with Crippen molar-refractivity contribution in [3.8, 4) is 5.75 Å². The zero-order chi connectivity index (χ0) is 14.3. The van der Waals surface area contributed by atoms with E-state index in [1.165, 1.54) is 0 Å². The molecule has 1 aromatic carbocycles. The third-order valence-corrected chi connectivity index (χ3v) is 3.38. The fourth-order valence-corrected chi connectivity index (χ4v) is 2.22. The summed E-state index contributed by atoms with van der Waals surface area (Å²) in [5, 5.41) is 0. The number of carbonyl (C=O) groups is 1. The zero-order valence-corrected chi connectivity index (χ0v) is 12.9. The van der Waals surface area contributed by atoms with Crippen LogP contribution in [-0.4, -0.2) is 32.7 Å². The van der Waals surface area contributed by atoms with Crippen LogP contribution in [-0.2, 0) is 16.0 Å². The molecule has 4 nitrogen and oxygen atoms in total. The number of carbonyl (C=O) groups excluding carboxylic acids is 1. The van der Waals surface area contributed by atoms with Gasteiger partial charge in [-0.1, -0.05) is 15.9 Å². The van der Waals surface area contributed by atoms with Gasteiger partial charge in [-0.15, -0.1) is 0 Å². The van der Waals surface area contributed by atoms with E-state index in [2.05, 4.69) is 15.9 Å². The molecule has 0 aromatic heterocycles. The zero-order valence-electron chi connectivity index (χ0n) is 11.3. The number of ketones is 1. The maximum Gasteiger partial charge on any atom is 0.154 e. The van der Waals surface area contributed by atoms with Crippen LogP contribution >= 0.6 is 15.9 Å². The minimum absolute atomic E-state index is 0.0208. The van der Waals surface area contributed by atoms with Crippen LogP contribution in [0.25, 0.3) is 0 Å². The molecule has 0 saturated carbocycles. The van der Waals surface area contributed by atoms with Crippen LogP contribution in [0.5, 0.6) is 5.75 Å². The summed E-state index contributed by atoms with van der Waals surface area (Å²) in [6.45, 7) is 0.626. The normalized spacial score (nSPS) is 12.2. The lowest BCUT2D eigenvalue weighted by Crippen LogP contribution is -2.32. The number of hydrogen-bond donors (Lipinski definition) is 1. The van der Waals surface area contributed by atoms with Crippen LogP contribution in [0.3, 0.4) is 0 Å². The van der Waals surface area contributed by atoms with Gasteiger partial charge in [-0.3, -0.25) is 4.79 Å². The van der Waals surface area contributed by atoms with E-state index in [1.54, 1.807) is 14.2 Å². The lowest BCUT2D eigenvalue weighted by atomic mass is 10.0. The van der Waals surface area contributed by atoms with Gasteiger partial charge >= 0.3 is 0 Å². The van der Waals surface area contributed by atoms with E-state index in [0.29, 0.717) is 18.8 Å². The van der Waals surface area contributed by atoms with E-state index >= 15 is 0 Å². The monoisotopic (exact) mass is 329 g/mol. The van der Waals surface area contributed by atoms with Gasteiger partial charge in [0, 0.05) is 30.2 Å². The largest absolute Gasteiger partial charge is 0.496 e. The Hall–Kier alpha value is -0.910. The highest BCUT2D eigenvalue weighted by atomic mass is 79.9. The summed E-state index contributed by atoms with van der Waals surface area (Å²) in [6, 6.07) is 5.16. The van der Waals surface area contributed by atoms with Crippen molar-refractivity contribution in [1.29, 1.82) is 0 Å². The summed E-state index contributed by atoms with van der Waals surface area (Å²) < 4.78 is 11.1. The third kappa shape index (κ3) is 5.30. The van der Waals surface area contributed by atoms with Crippen LogP contribution in [0.4, 0.5) is 0 Å². The van der Waals surface area contributed by atoms with E-state index in [4.69, 9.17) is 15.2 Å². The number of benzene rings is 1. The van der Waals surface area contributed by atoms with Gasteiger partial charge in [0.15, 0.2) is 5.78 Å². The van der Waals surface area contributed by atoms with E-state index < -0.39 is 6.04 Å². The second-order valence-electron chi connectivity index (χ2n) is 4.34. The third-order valence-electron chi connectivity index (χ3n) is 2.88. The van der Waals surface area contributed by atoms with Gasteiger partial charge in [0.05, 0.1) is 13.2 Å². The fourth-order valence-electron chi connectivity index (χ4n) is 1.81. The van der Waals surface area contributed by atoms with Gasteiger partial charge in [-0.05, 0) is 31.0 Å². The molecule has 0 fully saturated rings. The lowest BCUT2D eigenvalue weighted by Gasteiger charge is -2.12. The molecule has 0 radical (unpaired) electrons. The van der Waals surface area contributed by atoms with Crippen LogP contribution < -0.4 is 10.5 Å². The van der Waals surface area contributed by atoms with Crippen molar-refractivity contribution in [2.45, 2.75) is 25.3 Å². The van der Waals surface area contributed by atoms with Crippen LogP contribution in [0.15, 0.2) is 22.7 Å². The molecule has 0 aliphatic carbocycles. The molecule has 1 unspecified atom stereocenters. The van der Waals surface area contributed by atoms with Gasteiger partial charge in [0.25, 0.3) is 0 Å². The van der Waals surface area contributed by atoms with Crippen molar-refractivity contribution in [3.05, 3.63) is 28.2 Å². The Balaban J connectivity index is 2.63. The number of halogens is 1. The van der Waals surface area contributed by atoms with Gasteiger partial charge in [0.2, 0.25) is 0 Å². The molecule has 1 atom stereocenters. The number of Topliss-reactive ketones (excluding diaryl/α,β-unsaturated/α-hetero) is 1. The lowest BCUT2D eigenvalue weighted by molar-refractivity contribution is -0.119. The molecule has 0 aliphatic rings. The molecular formula is C14H20BrNO3. The fraction of sp³-hybridized carbons (Fsp3) is 0.500. The average Bonchev–Trinajstić information content (AvgIpc) is 2.39. The molecule has 0 amide bonds. The number of nitrogens with two attached hydrogens (primary N) is 1. The predicted octanol–water partition coefficient (Wildman–Crippen LogP) is 2.32. The van der Waals surface area contributed by atoms with Crippen LogP contribution in [0.1, 0.15) is 18.4 Å². The number of ether oxygens (including phenoxy) is 2. The minimum atomic E-state index is -0.446. The van der Waals surface area contributed by atoms with Crippen molar-refractivity contribution < 1.29 is 14.3 Å². The van der Waals surface area contributed by atoms with Crippen molar-refractivity contribution >= 4 is 21.7 Å². The molecule has 19 heavy (non-hydrogen) atoms. The molecule has 2 N–H and O–H groups in total. The maximum absolute atomic E-state index is 12.0. The number of rotatable bonds is 8. The molecule has 106 valence electrons. The topological polar surface area (TPSA) is 61.5 Å². The second-order valence-corrected chi connectivity index (χ2v) is 5.26. The van der Waals surface area contributed by atoms with Gasteiger partial charge in [-0.2, -0.15) is 0 Å². The quantitative estimate of drug-likeness (QED) is 0.743. The molecule has 5 heteroatoms. The van der Waals surface area contributed by atoms with Gasteiger partial charge in [0.1, 0.15) is 5.75 Å². The molecular weight excluding hydrogens is 310 g/mol. The van der Waals surface area contributed by atoms with Crippen molar-refractivity contribution in [2.75, 3.05) is 20.8 Å². The van der Waals surface area contributed by atoms with E-state index in [0.717, 1.165) is 16.5 Å². The Morgan fingerprint density at radius 2 is 2.16 bits per heavy atom. The minimum Gasteiger partial charge on any atom is -0.496 e. The first-order valence-corrected chi connectivity index (χ1v) is 6.97. The molecule has 0 bridgehead atoms. The standard InChI is InChI=1S/C14H20BrNO3/c1-18-7-3-4-12(16)13(17)9-10-8-11(15)5-6-14(10)19-2/h5-6,8,12H,3-4,7,9,16H2,1-2H3. The van der Waals surface area contributed by atoms with Gasteiger partial charge in [-0.25, -0.2) is 0 Å². The highest BCUT2D eigenvalue weighted by Crippen LogP contribution is 2.23. The predicted molar refractivity (Wildman–Crippen MR) is 78.5 cm³/mol. The highest BCUT2D eigenvalue weighted by Gasteiger charge is 2.16. The first-order chi connectivity index (χ1) is 9.08. The maximum atomic E-state index is 12.0. The van der Waals surface area contributed by atoms with E-state index in [-0.39, 0.29) is 12.2 Å². The summed E-state index contributed by atoms with van der Waals surface area (Å²) in [7, 11) is 3.23. The Kier molecular flexibility index (Phi) is 7.05. The highest BCUT2D eigenvalue weighted by molar-refractivity contribution is 9.10. The Morgan fingerprint density at radius 3 is 2.79 bits per heavy atom. The average molecular weight is 330 g/mol. The van der Waals surface area contributed by atoms with E-state index in [1.807, 2.05) is 18.2 Å². The Morgan fingerprint density at radius 1 is 1.42 bits per heavy atom. The summed E-state index contributed by atoms with van der Waals surface area (Å²) >= 11 is 3.39. The summed E-state index contributed by atoms with van der Waals surface area (Å²) in [4.78, 5) is 12.0. The van der Waals surface area contributed by atoms with Gasteiger partial charge < -0.3 is 15.2 Å². The van der Waals surface area contributed by atoms with Crippen LogP contribution in [0, 0.1) is 0 Å². The first-order valence-electron chi connectivity index (χ1n) is 6.18. The Labute approximate surface area is 122 Å². The summed E-state index contributed by atoms with van der Waals surface area (Å²) in [5.41, 5.74) is 6.73. The number of methoxy groups -OCH3 is 2.